The van der Waals surface area contributed by atoms with Crippen LogP contribution in [0.25, 0.3) is 0 Å². The van der Waals surface area contributed by atoms with Gasteiger partial charge in [0.2, 0.25) is 0 Å². The Morgan fingerprint density at radius 1 is 1.11 bits per heavy atom. The summed E-state index contributed by atoms with van der Waals surface area (Å²) in [4.78, 5) is 22.6. The van der Waals surface area contributed by atoms with Crippen molar-refractivity contribution in [1.82, 2.24) is 5.32 Å². The number of hydrogen-bond donors (Lipinski definition) is 1. The third-order valence-electron chi connectivity index (χ3n) is 3.16. The van der Waals surface area contributed by atoms with Crippen LogP contribution in [0.2, 0.25) is 0 Å². The van der Waals surface area contributed by atoms with Crippen LogP contribution >= 0.6 is 0 Å². The van der Waals surface area contributed by atoms with Crippen molar-refractivity contribution in [2.24, 2.45) is 0 Å². The molecule has 0 aromatic carbocycles. The van der Waals surface area contributed by atoms with Crippen LogP contribution in [-0.4, -0.2) is 23.9 Å². The second-order valence-corrected chi connectivity index (χ2v) is 6.10. The molecule has 110 valence electrons. The molecule has 0 spiro atoms. The van der Waals surface area contributed by atoms with Gasteiger partial charge in [0.15, 0.2) is 5.72 Å². The van der Waals surface area contributed by atoms with Crippen LogP contribution in [0, 0.1) is 0 Å². The number of rotatable bonds is 3. The molecule has 1 aliphatic rings. The molecule has 0 saturated heterocycles. The quantitative estimate of drug-likeness (QED) is 0.632. The Kier molecular flexibility index (Phi) is 5.63. The summed E-state index contributed by atoms with van der Waals surface area (Å²) < 4.78 is 10.4. The topological polar surface area (TPSA) is 64.6 Å². The summed E-state index contributed by atoms with van der Waals surface area (Å²) in [5, 5.41) is 2.74. The Hall–Kier alpha value is -1.26. The van der Waals surface area contributed by atoms with Crippen molar-refractivity contribution >= 4 is 12.6 Å². The highest BCUT2D eigenvalue weighted by molar-refractivity contribution is 5.68. The first kappa shape index (κ1) is 15.8. The predicted octanol–water partition coefficient (Wildman–Crippen LogP) is 3.12. The molecule has 0 atom stereocenters. The molecule has 0 heterocycles. The second kappa shape index (κ2) is 6.78. The molecule has 0 radical (unpaired) electrons. The van der Waals surface area contributed by atoms with Crippen LogP contribution in [0.4, 0.5) is 4.79 Å². The van der Waals surface area contributed by atoms with Crippen LogP contribution in [0.3, 0.4) is 0 Å². The number of nitrogens with one attached hydrogen (secondary N) is 1. The van der Waals surface area contributed by atoms with E-state index in [1.807, 2.05) is 0 Å². The fourth-order valence-electron chi connectivity index (χ4n) is 2.33. The van der Waals surface area contributed by atoms with E-state index in [0.717, 1.165) is 25.7 Å². The van der Waals surface area contributed by atoms with Gasteiger partial charge in [0.05, 0.1) is 0 Å². The minimum atomic E-state index is -0.898. The Morgan fingerprint density at radius 3 is 2.11 bits per heavy atom. The molecule has 0 bridgehead atoms. The number of carbonyl (C=O) groups is 2. The van der Waals surface area contributed by atoms with Gasteiger partial charge in [-0.1, -0.05) is 19.3 Å². The second-order valence-electron chi connectivity index (χ2n) is 6.10. The number of ether oxygens (including phenoxy) is 2. The first-order valence-electron chi connectivity index (χ1n) is 7.00. The minimum absolute atomic E-state index is 0.416. The molecule has 5 heteroatoms. The average molecular weight is 271 g/mol. The number of amides is 1. The van der Waals surface area contributed by atoms with Gasteiger partial charge in [0, 0.05) is 12.8 Å². The first-order chi connectivity index (χ1) is 8.87. The van der Waals surface area contributed by atoms with E-state index < -0.39 is 17.4 Å². The zero-order valence-electron chi connectivity index (χ0n) is 12.2. The highest BCUT2D eigenvalue weighted by atomic mass is 16.6. The smallest absolute Gasteiger partial charge is 0.410 e. The lowest BCUT2D eigenvalue weighted by atomic mass is 9.93. The molecule has 1 amide bonds. The summed E-state index contributed by atoms with van der Waals surface area (Å²) in [7, 11) is 0. The molecular weight excluding hydrogens is 246 g/mol. The Morgan fingerprint density at radius 2 is 1.63 bits per heavy atom. The molecule has 19 heavy (non-hydrogen) atoms. The highest BCUT2D eigenvalue weighted by Gasteiger charge is 2.35. The van der Waals surface area contributed by atoms with Gasteiger partial charge in [0.25, 0.3) is 6.47 Å². The summed E-state index contributed by atoms with van der Waals surface area (Å²) in [6, 6.07) is 0. The Bertz CT molecular complexity index is 301. The summed E-state index contributed by atoms with van der Waals surface area (Å²) in [6.45, 7) is 5.83. The lowest BCUT2D eigenvalue weighted by Crippen LogP contribution is -2.52. The normalized spacial score (nSPS) is 19.7. The summed E-state index contributed by atoms with van der Waals surface area (Å²) >= 11 is 0. The van der Waals surface area contributed by atoms with E-state index >= 15 is 0 Å². The lowest BCUT2D eigenvalue weighted by molar-refractivity contribution is -0.149. The van der Waals surface area contributed by atoms with Gasteiger partial charge in [-0.2, -0.15) is 0 Å². The molecule has 1 saturated carbocycles. The van der Waals surface area contributed by atoms with Crippen molar-refractivity contribution in [3.63, 3.8) is 0 Å². The van der Waals surface area contributed by atoms with Crippen LogP contribution in [0.1, 0.15) is 65.7 Å². The third-order valence-corrected chi connectivity index (χ3v) is 3.16. The SMILES string of the molecule is CC(C)(C)OC(=O)NC1(OC=O)CCCCCCC1. The monoisotopic (exact) mass is 271 g/mol. The van der Waals surface area contributed by atoms with Crippen molar-refractivity contribution in [3.05, 3.63) is 0 Å². The standard InChI is InChI=1S/C14H25NO4/c1-13(2,3)19-12(17)15-14(18-11-16)9-7-5-4-6-8-10-14/h11H,4-10H2,1-3H3,(H,15,17). The predicted molar refractivity (Wildman–Crippen MR) is 71.6 cm³/mol. The third kappa shape index (κ3) is 5.94. The summed E-state index contributed by atoms with van der Waals surface area (Å²) in [5.41, 5.74) is -1.46. The fraction of sp³-hybridized carbons (Fsp3) is 0.857. The number of hydrogen-bond acceptors (Lipinski definition) is 4. The Labute approximate surface area is 115 Å². The van der Waals surface area contributed by atoms with Gasteiger partial charge >= 0.3 is 6.09 Å². The van der Waals surface area contributed by atoms with E-state index in [1.165, 1.54) is 6.42 Å². The zero-order valence-corrected chi connectivity index (χ0v) is 12.2. The molecule has 5 nitrogen and oxygen atoms in total. The molecular formula is C14H25NO4. The van der Waals surface area contributed by atoms with E-state index in [0.29, 0.717) is 19.3 Å². The lowest BCUT2D eigenvalue weighted by Gasteiger charge is -2.34. The molecule has 1 N–H and O–H groups in total. The van der Waals surface area contributed by atoms with Gasteiger partial charge < -0.3 is 9.47 Å². The van der Waals surface area contributed by atoms with Crippen molar-refractivity contribution in [2.75, 3.05) is 0 Å². The molecule has 0 aliphatic heterocycles. The average Bonchev–Trinajstić information content (AvgIpc) is 2.21. The Balaban J connectivity index is 2.68. The van der Waals surface area contributed by atoms with Gasteiger partial charge in [-0.05, 0) is 33.6 Å². The maximum atomic E-state index is 11.9. The zero-order chi connectivity index (χ0) is 14.4. The van der Waals surface area contributed by atoms with Crippen LogP contribution < -0.4 is 5.32 Å². The van der Waals surface area contributed by atoms with E-state index in [1.54, 1.807) is 20.8 Å². The van der Waals surface area contributed by atoms with E-state index in [2.05, 4.69) is 5.32 Å². The maximum absolute atomic E-state index is 11.9. The van der Waals surface area contributed by atoms with Gasteiger partial charge in [0.1, 0.15) is 5.60 Å². The summed E-state index contributed by atoms with van der Waals surface area (Å²) in [5.74, 6) is 0. The molecule has 1 aliphatic carbocycles. The summed E-state index contributed by atoms with van der Waals surface area (Å²) in [6.07, 6.45) is 6.02. The maximum Gasteiger partial charge on any atom is 0.410 e. The fourth-order valence-corrected chi connectivity index (χ4v) is 2.33. The van der Waals surface area contributed by atoms with Crippen LogP contribution in [-0.2, 0) is 14.3 Å². The van der Waals surface area contributed by atoms with E-state index in [4.69, 9.17) is 9.47 Å². The van der Waals surface area contributed by atoms with Crippen molar-refractivity contribution in [2.45, 2.75) is 77.0 Å². The highest BCUT2D eigenvalue weighted by Crippen LogP contribution is 2.27. The van der Waals surface area contributed by atoms with Gasteiger partial charge in [-0.25, -0.2) is 4.79 Å². The number of alkyl carbamates (subject to hydrolysis) is 1. The van der Waals surface area contributed by atoms with E-state index in [-0.39, 0.29) is 0 Å². The van der Waals surface area contributed by atoms with E-state index in [9.17, 15) is 9.59 Å². The van der Waals surface area contributed by atoms with Gasteiger partial charge in [-0.15, -0.1) is 0 Å². The van der Waals surface area contributed by atoms with Crippen LogP contribution in [0.5, 0.6) is 0 Å². The molecule has 1 rings (SSSR count). The number of carbonyl (C=O) groups excluding carboxylic acids is 2. The minimum Gasteiger partial charge on any atom is -0.444 e. The van der Waals surface area contributed by atoms with Gasteiger partial charge in [-0.3, -0.25) is 10.1 Å². The molecule has 0 aromatic rings. The first-order valence-corrected chi connectivity index (χ1v) is 7.00. The molecule has 0 aromatic heterocycles. The molecule has 0 unspecified atom stereocenters. The van der Waals surface area contributed by atoms with Crippen LogP contribution in [0.15, 0.2) is 0 Å². The van der Waals surface area contributed by atoms with Crippen molar-refractivity contribution in [3.8, 4) is 0 Å². The van der Waals surface area contributed by atoms with Crippen molar-refractivity contribution in [1.29, 1.82) is 0 Å². The van der Waals surface area contributed by atoms with Crippen molar-refractivity contribution < 1.29 is 19.1 Å². The largest absolute Gasteiger partial charge is 0.444 e. The molecule has 1 fully saturated rings.